The van der Waals surface area contributed by atoms with Crippen molar-refractivity contribution in [3.63, 3.8) is 0 Å². The molecule has 6 nitrogen and oxygen atoms in total. The smallest absolute Gasteiger partial charge is 0.181 e. The highest BCUT2D eigenvalue weighted by molar-refractivity contribution is 7.99. The number of rotatable bonds is 2. The fourth-order valence-electron chi connectivity index (χ4n) is 2.15. The van der Waals surface area contributed by atoms with Crippen molar-refractivity contribution in [3.8, 4) is 0 Å². The first-order valence-electron chi connectivity index (χ1n) is 6.27. The zero-order valence-electron chi connectivity index (χ0n) is 10.8. The van der Waals surface area contributed by atoms with Crippen LogP contribution in [-0.4, -0.2) is 24.9 Å². The number of nitrogens with one attached hydrogen (secondary N) is 1. The van der Waals surface area contributed by atoms with Crippen LogP contribution in [0.5, 0.6) is 0 Å². The second-order valence-corrected chi connectivity index (χ2v) is 5.50. The number of hydrogen-bond acceptors (Lipinski definition) is 6. The van der Waals surface area contributed by atoms with Crippen LogP contribution in [0.3, 0.4) is 0 Å². The minimum atomic E-state index is 0.662. The number of H-pyrrole nitrogens is 1. The highest BCUT2D eigenvalue weighted by Gasteiger charge is 2.10. The van der Waals surface area contributed by atoms with Gasteiger partial charge < -0.3 is 10.7 Å². The number of nitrogen functional groups attached to an aromatic ring is 1. The van der Waals surface area contributed by atoms with Crippen LogP contribution in [0, 0.1) is 0 Å². The Morgan fingerprint density at radius 2 is 2.00 bits per heavy atom. The fourth-order valence-corrected chi connectivity index (χ4v) is 3.12. The molecule has 3 heterocycles. The summed E-state index contributed by atoms with van der Waals surface area (Å²) >= 11 is 1.55. The molecule has 0 saturated carbocycles. The van der Waals surface area contributed by atoms with Gasteiger partial charge in [-0.25, -0.2) is 15.0 Å². The van der Waals surface area contributed by atoms with Crippen LogP contribution in [-0.2, 0) is 0 Å². The molecule has 3 aromatic heterocycles. The quantitative estimate of drug-likeness (QED) is 0.436. The maximum atomic E-state index is 5.81. The lowest BCUT2D eigenvalue weighted by Gasteiger charge is -2.06. The van der Waals surface area contributed by atoms with E-state index < -0.39 is 0 Å². The minimum absolute atomic E-state index is 0.662. The van der Waals surface area contributed by atoms with Crippen molar-refractivity contribution in [2.24, 2.45) is 0 Å². The third-order valence-electron chi connectivity index (χ3n) is 3.12. The lowest BCUT2D eigenvalue weighted by Crippen LogP contribution is -1.89. The summed E-state index contributed by atoms with van der Waals surface area (Å²) in [7, 11) is 0. The zero-order valence-corrected chi connectivity index (χ0v) is 11.6. The van der Waals surface area contributed by atoms with Crippen LogP contribution in [0.1, 0.15) is 0 Å². The topological polar surface area (TPSA) is 93.4 Å². The normalized spacial score (nSPS) is 11.2. The molecule has 0 saturated heterocycles. The number of imidazole rings is 1. The Bertz CT molecular complexity index is 948. The predicted octanol–water partition coefficient (Wildman–Crippen LogP) is 2.63. The average Bonchev–Trinajstić information content (AvgIpc) is 2.97. The number of nitrogens with two attached hydrogens (primary N) is 1. The highest BCUT2D eigenvalue weighted by atomic mass is 32.2. The summed E-state index contributed by atoms with van der Waals surface area (Å²) in [5, 5.41) is 1.88. The Morgan fingerprint density at radius 3 is 2.95 bits per heavy atom. The zero-order chi connectivity index (χ0) is 14.2. The van der Waals surface area contributed by atoms with Gasteiger partial charge in [0, 0.05) is 22.2 Å². The summed E-state index contributed by atoms with van der Waals surface area (Å²) in [5.74, 6) is 0. The molecule has 21 heavy (non-hydrogen) atoms. The molecule has 3 N–H and O–H groups in total. The maximum Gasteiger partial charge on any atom is 0.181 e. The maximum absolute atomic E-state index is 5.81. The van der Waals surface area contributed by atoms with Gasteiger partial charge in [-0.05, 0) is 24.3 Å². The van der Waals surface area contributed by atoms with E-state index in [2.05, 4.69) is 24.9 Å². The van der Waals surface area contributed by atoms with Crippen LogP contribution in [0.25, 0.3) is 22.1 Å². The molecule has 0 spiro atoms. The Morgan fingerprint density at radius 1 is 1.05 bits per heavy atom. The van der Waals surface area contributed by atoms with Crippen molar-refractivity contribution >= 4 is 39.5 Å². The van der Waals surface area contributed by atoms with Crippen molar-refractivity contribution in [1.29, 1.82) is 0 Å². The molecule has 4 rings (SSSR count). The SMILES string of the molecule is Nc1ccc2c(Sc3ncnc4nc[nH]c34)ccnc2c1. The first-order chi connectivity index (χ1) is 10.3. The molecule has 0 radical (unpaired) electrons. The van der Waals surface area contributed by atoms with Crippen LogP contribution >= 0.6 is 11.8 Å². The van der Waals surface area contributed by atoms with Gasteiger partial charge in [0.25, 0.3) is 0 Å². The van der Waals surface area contributed by atoms with Crippen LogP contribution in [0.15, 0.2) is 53.0 Å². The van der Waals surface area contributed by atoms with Gasteiger partial charge in [0.2, 0.25) is 0 Å². The van der Waals surface area contributed by atoms with Crippen molar-refractivity contribution in [2.45, 2.75) is 9.92 Å². The number of fused-ring (bicyclic) bond motifs is 2. The number of hydrogen-bond donors (Lipinski definition) is 2. The minimum Gasteiger partial charge on any atom is -0.399 e. The number of aromatic nitrogens is 5. The Kier molecular flexibility index (Phi) is 2.71. The number of benzene rings is 1. The molecule has 0 unspecified atom stereocenters. The molecule has 0 fully saturated rings. The summed E-state index contributed by atoms with van der Waals surface area (Å²) in [6.07, 6.45) is 4.91. The molecular formula is C14H10N6S. The molecule has 4 aromatic rings. The van der Waals surface area contributed by atoms with Crippen molar-refractivity contribution in [1.82, 2.24) is 24.9 Å². The summed E-state index contributed by atoms with van der Waals surface area (Å²) < 4.78 is 0. The summed E-state index contributed by atoms with van der Waals surface area (Å²) in [6.45, 7) is 0. The van der Waals surface area contributed by atoms with Crippen molar-refractivity contribution in [2.75, 3.05) is 5.73 Å². The summed E-state index contributed by atoms with van der Waals surface area (Å²) in [4.78, 5) is 21.1. The van der Waals surface area contributed by atoms with Crippen LogP contribution < -0.4 is 5.73 Å². The van der Waals surface area contributed by atoms with E-state index in [1.54, 1.807) is 24.3 Å². The molecule has 0 atom stereocenters. The summed E-state index contributed by atoms with van der Waals surface area (Å²) in [6, 6.07) is 7.68. The fraction of sp³-hybridized carbons (Fsp3) is 0. The van der Waals surface area contributed by atoms with Gasteiger partial charge in [-0.1, -0.05) is 11.8 Å². The Hall–Kier alpha value is -2.67. The lowest BCUT2D eigenvalue weighted by atomic mass is 10.2. The number of anilines is 1. The lowest BCUT2D eigenvalue weighted by molar-refractivity contribution is 1.08. The molecular weight excluding hydrogens is 284 g/mol. The molecule has 0 amide bonds. The van der Waals surface area contributed by atoms with E-state index in [0.29, 0.717) is 11.3 Å². The van der Waals surface area contributed by atoms with E-state index >= 15 is 0 Å². The molecule has 0 aliphatic carbocycles. The number of nitrogens with zero attached hydrogens (tertiary/aromatic N) is 4. The molecule has 1 aromatic carbocycles. The molecule has 0 aliphatic heterocycles. The first kappa shape index (κ1) is 12.1. The second kappa shape index (κ2) is 4.71. The van der Waals surface area contributed by atoms with Gasteiger partial charge in [0.15, 0.2) is 5.65 Å². The highest BCUT2D eigenvalue weighted by Crippen LogP contribution is 2.34. The third kappa shape index (κ3) is 2.07. The standard InChI is InChI=1S/C14H10N6S/c15-8-1-2-9-10(5-8)16-4-3-11(9)21-14-12-13(18-6-17-12)19-7-20-14/h1-7H,15H2,(H,17,18,19,20). The van der Waals surface area contributed by atoms with Gasteiger partial charge >= 0.3 is 0 Å². The number of aromatic amines is 1. The van der Waals surface area contributed by atoms with E-state index in [4.69, 9.17) is 5.73 Å². The van der Waals surface area contributed by atoms with Crippen molar-refractivity contribution in [3.05, 3.63) is 43.1 Å². The van der Waals surface area contributed by atoms with E-state index in [-0.39, 0.29) is 0 Å². The van der Waals surface area contributed by atoms with Gasteiger partial charge in [0.1, 0.15) is 16.9 Å². The van der Waals surface area contributed by atoms with Gasteiger partial charge in [0.05, 0.1) is 11.8 Å². The van der Waals surface area contributed by atoms with E-state index in [1.807, 2.05) is 24.3 Å². The van der Waals surface area contributed by atoms with Gasteiger partial charge in [-0.2, -0.15) is 0 Å². The largest absolute Gasteiger partial charge is 0.399 e. The van der Waals surface area contributed by atoms with Gasteiger partial charge in [-0.15, -0.1) is 0 Å². The second-order valence-electron chi connectivity index (χ2n) is 4.47. The van der Waals surface area contributed by atoms with Crippen LogP contribution in [0.4, 0.5) is 5.69 Å². The van der Waals surface area contributed by atoms with E-state index in [9.17, 15) is 0 Å². The van der Waals surface area contributed by atoms with E-state index in [1.165, 1.54) is 6.33 Å². The average molecular weight is 294 g/mol. The van der Waals surface area contributed by atoms with E-state index in [0.717, 1.165) is 26.3 Å². The molecule has 0 aliphatic rings. The third-order valence-corrected chi connectivity index (χ3v) is 4.20. The summed E-state index contributed by atoms with van der Waals surface area (Å²) in [5.41, 5.74) is 8.88. The first-order valence-corrected chi connectivity index (χ1v) is 7.09. The molecule has 0 bridgehead atoms. The van der Waals surface area contributed by atoms with Gasteiger partial charge in [-0.3, -0.25) is 4.98 Å². The Balaban J connectivity index is 1.86. The predicted molar refractivity (Wildman–Crippen MR) is 82.0 cm³/mol. The molecule has 7 heteroatoms. The monoisotopic (exact) mass is 294 g/mol. The Labute approximate surface area is 123 Å². The van der Waals surface area contributed by atoms with Crippen molar-refractivity contribution < 1.29 is 0 Å². The van der Waals surface area contributed by atoms with Crippen LogP contribution in [0.2, 0.25) is 0 Å². The molecule has 102 valence electrons. The number of pyridine rings is 1.